The van der Waals surface area contributed by atoms with Gasteiger partial charge in [-0.25, -0.2) is 0 Å². The van der Waals surface area contributed by atoms with Crippen LogP contribution in [0, 0.1) is 24.0 Å². The van der Waals surface area contributed by atoms with E-state index in [9.17, 15) is 14.9 Å². The highest BCUT2D eigenvalue weighted by Gasteiger charge is 2.24. The molecule has 0 aliphatic carbocycles. The molecule has 3 aromatic rings. The molecule has 3 rings (SSSR count). The van der Waals surface area contributed by atoms with E-state index in [1.54, 1.807) is 24.6 Å². The van der Waals surface area contributed by atoms with E-state index in [1.165, 1.54) is 4.68 Å². The highest BCUT2D eigenvalue weighted by molar-refractivity contribution is 6.30. The van der Waals surface area contributed by atoms with E-state index < -0.39 is 11.0 Å². The lowest BCUT2D eigenvalue weighted by molar-refractivity contribution is -0.385. The van der Waals surface area contributed by atoms with Crippen molar-refractivity contribution in [2.45, 2.75) is 33.4 Å². The van der Waals surface area contributed by atoms with Crippen LogP contribution in [0.5, 0.6) is 0 Å². The van der Waals surface area contributed by atoms with Crippen LogP contribution in [0.15, 0.2) is 36.5 Å². The first kappa shape index (κ1) is 19.6. The standard InChI is InChI=1S/C18H19ClN6O3/c1-11-8-17(22-23(11)10-14-4-6-15(19)7-5-14)21-18(26)13(3)24-12(2)16(9-20-24)25(27)28/h4-9,13H,10H2,1-3H3,(H,21,22,26). The average molecular weight is 403 g/mol. The minimum absolute atomic E-state index is 0.122. The maximum Gasteiger partial charge on any atom is 0.309 e. The Morgan fingerprint density at radius 3 is 2.61 bits per heavy atom. The monoisotopic (exact) mass is 402 g/mol. The van der Waals surface area contributed by atoms with Crippen molar-refractivity contribution in [2.24, 2.45) is 0 Å². The molecule has 0 bridgehead atoms. The second-order valence-electron chi connectivity index (χ2n) is 6.44. The number of rotatable bonds is 6. The molecule has 146 valence electrons. The van der Waals surface area contributed by atoms with Gasteiger partial charge in [-0.3, -0.25) is 24.3 Å². The van der Waals surface area contributed by atoms with Gasteiger partial charge >= 0.3 is 5.69 Å². The molecule has 9 nitrogen and oxygen atoms in total. The number of carbonyl (C=O) groups excluding carboxylic acids is 1. The third-order valence-electron chi connectivity index (χ3n) is 4.44. The van der Waals surface area contributed by atoms with Crippen molar-refractivity contribution in [3.8, 4) is 0 Å². The summed E-state index contributed by atoms with van der Waals surface area (Å²) in [6.45, 7) is 5.61. The number of halogens is 1. The lowest BCUT2D eigenvalue weighted by Gasteiger charge is -2.12. The Morgan fingerprint density at radius 1 is 1.32 bits per heavy atom. The zero-order valence-corrected chi connectivity index (χ0v) is 16.3. The van der Waals surface area contributed by atoms with Gasteiger partial charge in [0.05, 0.1) is 11.5 Å². The van der Waals surface area contributed by atoms with Crippen LogP contribution in [-0.2, 0) is 11.3 Å². The van der Waals surface area contributed by atoms with Crippen LogP contribution in [-0.4, -0.2) is 30.4 Å². The summed E-state index contributed by atoms with van der Waals surface area (Å²) in [4.78, 5) is 23.0. The molecule has 10 heteroatoms. The molecule has 28 heavy (non-hydrogen) atoms. The molecule has 1 aromatic carbocycles. The van der Waals surface area contributed by atoms with Gasteiger partial charge in [-0.05, 0) is 38.5 Å². The average Bonchev–Trinajstić information content (AvgIpc) is 3.19. The minimum atomic E-state index is -0.726. The second-order valence-corrected chi connectivity index (χ2v) is 6.87. The quantitative estimate of drug-likeness (QED) is 0.501. The Bertz CT molecular complexity index is 1020. The summed E-state index contributed by atoms with van der Waals surface area (Å²) < 4.78 is 3.10. The number of carbonyl (C=O) groups is 1. The molecule has 0 radical (unpaired) electrons. The Morgan fingerprint density at radius 2 is 2.00 bits per heavy atom. The van der Waals surface area contributed by atoms with Gasteiger partial charge in [-0.2, -0.15) is 10.2 Å². The number of hydrogen-bond donors (Lipinski definition) is 1. The molecule has 0 saturated heterocycles. The van der Waals surface area contributed by atoms with Crippen molar-refractivity contribution in [3.63, 3.8) is 0 Å². The number of hydrogen-bond acceptors (Lipinski definition) is 5. The molecule has 0 spiro atoms. The van der Waals surface area contributed by atoms with E-state index in [1.807, 2.05) is 31.2 Å². The molecular formula is C18H19ClN6O3. The Balaban J connectivity index is 1.72. The normalized spacial score (nSPS) is 12.0. The molecule has 0 fully saturated rings. The number of nitro groups is 1. The summed E-state index contributed by atoms with van der Waals surface area (Å²) in [6, 6.07) is 8.49. The highest BCUT2D eigenvalue weighted by atomic mass is 35.5. The molecule has 2 aromatic heterocycles. The van der Waals surface area contributed by atoms with Crippen molar-refractivity contribution >= 4 is 29.0 Å². The van der Waals surface area contributed by atoms with Crippen LogP contribution in [0.1, 0.15) is 29.9 Å². The minimum Gasteiger partial charge on any atom is -0.307 e. The molecular weight excluding hydrogens is 384 g/mol. The Labute approximate surface area is 166 Å². The summed E-state index contributed by atoms with van der Waals surface area (Å²) in [5.74, 6) is 0.0415. The fourth-order valence-corrected chi connectivity index (χ4v) is 2.95. The number of amides is 1. The van der Waals surface area contributed by atoms with Crippen LogP contribution >= 0.6 is 11.6 Å². The highest BCUT2D eigenvalue weighted by Crippen LogP contribution is 2.21. The topological polar surface area (TPSA) is 108 Å². The Kier molecular flexibility index (Phi) is 5.46. The summed E-state index contributed by atoms with van der Waals surface area (Å²) >= 11 is 5.90. The largest absolute Gasteiger partial charge is 0.309 e. The van der Waals surface area contributed by atoms with Gasteiger partial charge < -0.3 is 5.32 Å². The zero-order valence-electron chi connectivity index (χ0n) is 15.6. The summed E-state index contributed by atoms with van der Waals surface area (Å²) in [5, 5.41) is 22.7. The van der Waals surface area contributed by atoms with Crippen LogP contribution in [0.2, 0.25) is 5.02 Å². The van der Waals surface area contributed by atoms with E-state index >= 15 is 0 Å². The maximum atomic E-state index is 12.6. The smallest absolute Gasteiger partial charge is 0.307 e. The van der Waals surface area contributed by atoms with E-state index in [0.29, 0.717) is 23.1 Å². The molecule has 0 aliphatic heterocycles. The fourth-order valence-electron chi connectivity index (χ4n) is 2.82. The summed E-state index contributed by atoms with van der Waals surface area (Å²) in [6.07, 6.45) is 1.14. The van der Waals surface area contributed by atoms with Crippen LogP contribution in [0.3, 0.4) is 0 Å². The number of aryl methyl sites for hydroxylation is 1. The van der Waals surface area contributed by atoms with Crippen LogP contribution in [0.4, 0.5) is 11.5 Å². The first-order valence-electron chi connectivity index (χ1n) is 8.54. The predicted molar refractivity (Wildman–Crippen MR) is 104 cm³/mol. The summed E-state index contributed by atoms with van der Waals surface area (Å²) in [5.41, 5.74) is 2.10. The third kappa shape index (κ3) is 4.04. The van der Waals surface area contributed by atoms with E-state index in [4.69, 9.17) is 11.6 Å². The van der Waals surface area contributed by atoms with Gasteiger partial charge in [-0.1, -0.05) is 23.7 Å². The molecule has 2 heterocycles. The van der Waals surface area contributed by atoms with Crippen LogP contribution in [0.25, 0.3) is 0 Å². The van der Waals surface area contributed by atoms with Gasteiger partial charge in [0.25, 0.3) is 0 Å². The van der Waals surface area contributed by atoms with Crippen molar-refractivity contribution < 1.29 is 9.72 Å². The van der Waals surface area contributed by atoms with Gasteiger partial charge in [0, 0.05) is 16.8 Å². The molecule has 1 unspecified atom stereocenters. The Hall–Kier alpha value is -3.20. The SMILES string of the molecule is Cc1cc(NC(=O)C(C)n2ncc([N+](=O)[O-])c2C)nn1Cc1ccc(Cl)cc1. The molecule has 1 N–H and O–H groups in total. The number of benzene rings is 1. The first-order valence-corrected chi connectivity index (χ1v) is 8.92. The maximum absolute atomic E-state index is 12.6. The zero-order chi connectivity index (χ0) is 20.4. The van der Waals surface area contributed by atoms with Crippen LogP contribution < -0.4 is 5.32 Å². The number of nitrogens with one attached hydrogen (secondary N) is 1. The predicted octanol–water partition coefficient (Wildman–Crippen LogP) is 3.51. The van der Waals surface area contributed by atoms with Crippen molar-refractivity contribution in [2.75, 3.05) is 5.32 Å². The fraction of sp³-hybridized carbons (Fsp3) is 0.278. The van der Waals surface area contributed by atoms with E-state index in [0.717, 1.165) is 17.5 Å². The van der Waals surface area contributed by atoms with E-state index in [2.05, 4.69) is 15.5 Å². The van der Waals surface area contributed by atoms with Gasteiger partial charge in [0.2, 0.25) is 5.91 Å². The van der Waals surface area contributed by atoms with Gasteiger partial charge in [-0.15, -0.1) is 0 Å². The lowest BCUT2D eigenvalue weighted by atomic mass is 10.2. The van der Waals surface area contributed by atoms with Crippen molar-refractivity contribution in [1.82, 2.24) is 19.6 Å². The number of aromatic nitrogens is 4. The van der Waals surface area contributed by atoms with Crippen molar-refractivity contribution in [3.05, 3.63) is 68.6 Å². The molecule has 0 aliphatic rings. The van der Waals surface area contributed by atoms with Gasteiger partial charge in [0.1, 0.15) is 17.9 Å². The third-order valence-corrected chi connectivity index (χ3v) is 4.69. The van der Waals surface area contributed by atoms with Gasteiger partial charge in [0.15, 0.2) is 5.82 Å². The number of anilines is 1. The molecule has 0 saturated carbocycles. The van der Waals surface area contributed by atoms with E-state index in [-0.39, 0.29) is 11.6 Å². The molecule has 1 atom stereocenters. The molecule has 1 amide bonds. The van der Waals surface area contributed by atoms with Crippen molar-refractivity contribution in [1.29, 1.82) is 0 Å². The lowest BCUT2D eigenvalue weighted by Crippen LogP contribution is -2.25. The summed E-state index contributed by atoms with van der Waals surface area (Å²) in [7, 11) is 0. The first-order chi connectivity index (χ1) is 13.3. The number of nitrogens with zero attached hydrogens (tertiary/aromatic N) is 5. The second kappa shape index (κ2) is 7.81.